The molecule has 0 saturated carbocycles. The van der Waals surface area contributed by atoms with Gasteiger partial charge in [-0.2, -0.15) is 12.6 Å². The lowest BCUT2D eigenvalue weighted by molar-refractivity contribution is -0.127. The highest BCUT2D eigenvalue weighted by molar-refractivity contribution is 7.81. The van der Waals surface area contributed by atoms with E-state index in [-0.39, 0.29) is 23.7 Å². The summed E-state index contributed by atoms with van der Waals surface area (Å²) in [6.45, 7) is 3.54. The molecule has 0 aromatic heterocycles. The van der Waals surface area contributed by atoms with Crippen LogP contribution in [-0.4, -0.2) is 29.7 Å². The first-order valence-corrected chi connectivity index (χ1v) is 6.22. The zero-order chi connectivity index (χ0) is 13.7. The fourth-order valence-corrected chi connectivity index (χ4v) is 1.83. The third kappa shape index (κ3) is 4.52. The predicted octanol–water partition coefficient (Wildman–Crippen LogP) is 0.965. The molecule has 0 bridgehead atoms. The van der Waals surface area contributed by atoms with Crippen LogP contribution >= 0.6 is 12.6 Å². The van der Waals surface area contributed by atoms with Gasteiger partial charge in [-0.1, -0.05) is 6.08 Å². The lowest BCUT2D eigenvalue weighted by atomic mass is 9.99. The molecule has 4 nitrogen and oxygen atoms in total. The van der Waals surface area contributed by atoms with Crippen LogP contribution in [0, 0.1) is 5.92 Å². The third-order valence-corrected chi connectivity index (χ3v) is 2.83. The van der Waals surface area contributed by atoms with Crippen LogP contribution in [0.15, 0.2) is 24.1 Å². The maximum atomic E-state index is 13.0. The summed E-state index contributed by atoms with van der Waals surface area (Å²) < 4.78 is 13.0. The number of halogens is 1. The fourth-order valence-electron chi connectivity index (χ4n) is 1.52. The molecule has 0 fully saturated rings. The molecule has 0 spiro atoms. The molecule has 1 aliphatic rings. The van der Waals surface area contributed by atoms with Gasteiger partial charge >= 0.3 is 0 Å². The van der Waals surface area contributed by atoms with E-state index in [1.807, 2.05) is 13.8 Å². The molecule has 2 N–H and O–H groups in total. The number of thiol groups is 1. The summed E-state index contributed by atoms with van der Waals surface area (Å²) in [5, 5.41) is 4.73. The van der Waals surface area contributed by atoms with Crippen LogP contribution in [0.4, 0.5) is 4.39 Å². The van der Waals surface area contributed by atoms with E-state index in [4.69, 9.17) is 0 Å². The van der Waals surface area contributed by atoms with Crippen molar-refractivity contribution in [1.82, 2.24) is 10.6 Å². The van der Waals surface area contributed by atoms with Crippen LogP contribution in [0.3, 0.4) is 0 Å². The Hall–Kier alpha value is -1.30. The number of hydrogen-bond donors (Lipinski definition) is 3. The van der Waals surface area contributed by atoms with Gasteiger partial charge in [-0.25, -0.2) is 4.39 Å². The van der Waals surface area contributed by atoms with Gasteiger partial charge in [0, 0.05) is 11.3 Å². The molecule has 2 unspecified atom stereocenters. The van der Waals surface area contributed by atoms with Crippen molar-refractivity contribution >= 4 is 24.4 Å². The number of hydrogen-bond acceptors (Lipinski definition) is 3. The van der Waals surface area contributed by atoms with Gasteiger partial charge < -0.3 is 10.6 Å². The first-order valence-electron chi connectivity index (χ1n) is 5.71. The van der Waals surface area contributed by atoms with E-state index in [0.717, 1.165) is 0 Å². The van der Waals surface area contributed by atoms with Crippen LogP contribution < -0.4 is 10.6 Å². The first kappa shape index (κ1) is 14.8. The van der Waals surface area contributed by atoms with Gasteiger partial charge in [0.2, 0.25) is 11.8 Å². The molecule has 18 heavy (non-hydrogen) atoms. The van der Waals surface area contributed by atoms with E-state index in [1.165, 1.54) is 18.2 Å². The zero-order valence-electron chi connectivity index (χ0n) is 10.3. The average Bonchev–Trinajstić information content (AvgIpc) is 2.28. The summed E-state index contributed by atoms with van der Waals surface area (Å²) in [4.78, 5) is 23.1. The highest BCUT2D eigenvalue weighted by Gasteiger charge is 2.25. The first-order chi connectivity index (χ1) is 8.40. The van der Waals surface area contributed by atoms with Crippen LogP contribution in [0.25, 0.3) is 0 Å². The van der Waals surface area contributed by atoms with Gasteiger partial charge in [0.1, 0.15) is 5.83 Å². The van der Waals surface area contributed by atoms with E-state index in [2.05, 4.69) is 23.3 Å². The van der Waals surface area contributed by atoms with Crippen molar-refractivity contribution in [2.24, 2.45) is 5.92 Å². The van der Waals surface area contributed by atoms with Crippen LogP contribution in [-0.2, 0) is 9.59 Å². The Kier molecular flexibility index (Phi) is 5.40. The topological polar surface area (TPSA) is 58.2 Å². The molecule has 0 radical (unpaired) electrons. The molecule has 0 aromatic carbocycles. The minimum atomic E-state index is -0.690. The van der Waals surface area contributed by atoms with Crippen LogP contribution in [0.1, 0.15) is 13.8 Å². The standard InChI is InChI=1S/C12H17FN2O2S/c1-7(2)15-11(16)6-14-12(17)9-5-8(13)3-4-10(9)18/h3-5,7,9-10,18H,6H2,1-2H3,(H,14,17)(H,15,16). The van der Waals surface area contributed by atoms with Crippen molar-refractivity contribution in [3.8, 4) is 0 Å². The molecular weight excluding hydrogens is 255 g/mol. The van der Waals surface area contributed by atoms with Gasteiger partial charge in [-0.15, -0.1) is 0 Å². The van der Waals surface area contributed by atoms with Crippen LogP contribution in [0.5, 0.6) is 0 Å². The minimum Gasteiger partial charge on any atom is -0.352 e. The Morgan fingerprint density at radius 3 is 2.78 bits per heavy atom. The average molecular weight is 272 g/mol. The number of nitrogens with one attached hydrogen (secondary N) is 2. The minimum absolute atomic E-state index is 0.0157. The molecule has 0 aliphatic heterocycles. The Balaban J connectivity index is 2.46. The summed E-state index contributed by atoms with van der Waals surface area (Å²) in [5.41, 5.74) is 0. The van der Waals surface area contributed by atoms with Gasteiger partial charge in [0.25, 0.3) is 0 Å². The predicted molar refractivity (Wildman–Crippen MR) is 70.9 cm³/mol. The summed E-state index contributed by atoms with van der Waals surface area (Å²) >= 11 is 4.18. The Morgan fingerprint density at radius 1 is 1.50 bits per heavy atom. The molecule has 100 valence electrons. The highest BCUT2D eigenvalue weighted by atomic mass is 32.1. The second kappa shape index (κ2) is 6.58. The highest BCUT2D eigenvalue weighted by Crippen LogP contribution is 2.22. The summed E-state index contributed by atoms with van der Waals surface area (Å²) in [7, 11) is 0. The van der Waals surface area contributed by atoms with Crippen molar-refractivity contribution in [1.29, 1.82) is 0 Å². The molecular formula is C12H17FN2O2S. The molecule has 0 heterocycles. The van der Waals surface area contributed by atoms with E-state index >= 15 is 0 Å². The number of carbonyl (C=O) groups excluding carboxylic acids is 2. The summed E-state index contributed by atoms with van der Waals surface area (Å²) in [5.74, 6) is -1.84. The Bertz CT molecular complexity index is 394. The Labute approximate surface area is 111 Å². The molecule has 1 aliphatic carbocycles. The van der Waals surface area contributed by atoms with E-state index in [9.17, 15) is 14.0 Å². The molecule has 0 saturated heterocycles. The summed E-state index contributed by atoms with van der Waals surface area (Å²) in [6.07, 6.45) is 3.98. The lowest BCUT2D eigenvalue weighted by Crippen LogP contribution is -2.43. The van der Waals surface area contributed by atoms with Crippen molar-refractivity contribution in [2.75, 3.05) is 6.54 Å². The third-order valence-electron chi connectivity index (χ3n) is 2.33. The van der Waals surface area contributed by atoms with Crippen molar-refractivity contribution in [3.05, 3.63) is 24.1 Å². The lowest BCUT2D eigenvalue weighted by Gasteiger charge is -2.19. The number of amides is 2. The quantitative estimate of drug-likeness (QED) is 0.668. The van der Waals surface area contributed by atoms with Gasteiger partial charge in [0.15, 0.2) is 0 Å². The summed E-state index contributed by atoms with van der Waals surface area (Å²) in [6, 6.07) is 0.0157. The SMILES string of the molecule is CC(C)NC(=O)CNC(=O)C1C=C(F)C=CC1S. The smallest absolute Gasteiger partial charge is 0.239 e. The van der Waals surface area contributed by atoms with Crippen molar-refractivity contribution in [2.45, 2.75) is 25.1 Å². The normalized spacial score (nSPS) is 22.6. The van der Waals surface area contributed by atoms with E-state index < -0.39 is 17.7 Å². The van der Waals surface area contributed by atoms with E-state index in [1.54, 1.807) is 0 Å². The maximum Gasteiger partial charge on any atom is 0.239 e. The molecule has 6 heteroatoms. The van der Waals surface area contributed by atoms with Gasteiger partial charge in [-0.05, 0) is 26.0 Å². The van der Waals surface area contributed by atoms with Gasteiger partial charge in [-0.3, -0.25) is 9.59 Å². The molecule has 0 aromatic rings. The van der Waals surface area contributed by atoms with Gasteiger partial charge in [0.05, 0.1) is 12.5 Å². The molecule has 2 amide bonds. The van der Waals surface area contributed by atoms with Crippen LogP contribution in [0.2, 0.25) is 0 Å². The zero-order valence-corrected chi connectivity index (χ0v) is 11.2. The second-order valence-corrected chi connectivity index (χ2v) is 4.96. The molecule has 2 atom stereocenters. The monoisotopic (exact) mass is 272 g/mol. The van der Waals surface area contributed by atoms with Crippen molar-refractivity contribution in [3.63, 3.8) is 0 Å². The largest absolute Gasteiger partial charge is 0.352 e. The number of rotatable bonds is 4. The van der Waals surface area contributed by atoms with Crippen molar-refractivity contribution < 1.29 is 14.0 Å². The second-order valence-electron chi connectivity index (χ2n) is 4.37. The number of allylic oxidation sites excluding steroid dienone is 2. The fraction of sp³-hybridized carbons (Fsp3) is 0.500. The Morgan fingerprint density at radius 2 is 2.17 bits per heavy atom. The molecule has 1 rings (SSSR count). The van der Waals surface area contributed by atoms with E-state index in [0.29, 0.717) is 0 Å². The maximum absolute atomic E-state index is 13.0. The number of carbonyl (C=O) groups is 2.